The molecule has 0 aliphatic carbocycles. The van der Waals surface area contributed by atoms with E-state index in [2.05, 4.69) is 6.07 Å². The van der Waals surface area contributed by atoms with Crippen LogP contribution < -0.4 is 9.47 Å². The second-order valence-corrected chi connectivity index (χ2v) is 4.06. The van der Waals surface area contributed by atoms with Gasteiger partial charge in [-0.05, 0) is 31.8 Å². The standard InChI is InChI=1S/C12H14N2O2/c1-14(2)7-10(6-13)9-3-4-11-12(5-9)16-8-15-11/h3-5,10H,7-8H2,1-2H3. The van der Waals surface area contributed by atoms with Crippen molar-refractivity contribution >= 4 is 0 Å². The molecule has 0 aromatic heterocycles. The molecule has 0 bridgehead atoms. The van der Waals surface area contributed by atoms with Crippen molar-refractivity contribution in [3.8, 4) is 17.6 Å². The number of likely N-dealkylation sites (N-methyl/N-ethyl adjacent to an activating group) is 1. The van der Waals surface area contributed by atoms with Crippen molar-refractivity contribution in [2.24, 2.45) is 0 Å². The number of hydrogen-bond donors (Lipinski definition) is 0. The molecule has 0 radical (unpaired) electrons. The highest BCUT2D eigenvalue weighted by molar-refractivity contribution is 5.46. The number of benzene rings is 1. The van der Waals surface area contributed by atoms with Gasteiger partial charge in [0.2, 0.25) is 6.79 Å². The summed E-state index contributed by atoms with van der Waals surface area (Å²) in [5.74, 6) is 1.35. The van der Waals surface area contributed by atoms with E-state index in [4.69, 9.17) is 14.7 Å². The Morgan fingerprint density at radius 3 is 2.81 bits per heavy atom. The molecule has 0 N–H and O–H groups in total. The summed E-state index contributed by atoms with van der Waals surface area (Å²) in [7, 11) is 3.91. The number of rotatable bonds is 3. The quantitative estimate of drug-likeness (QED) is 0.772. The Labute approximate surface area is 95.0 Å². The fourth-order valence-corrected chi connectivity index (χ4v) is 1.72. The largest absolute Gasteiger partial charge is 0.454 e. The lowest BCUT2D eigenvalue weighted by atomic mass is 10.00. The minimum Gasteiger partial charge on any atom is -0.454 e. The van der Waals surface area contributed by atoms with Gasteiger partial charge in [-0.15, -0.1) is 0 Å². The summed E-state index contributed by atoms with van der Waals surface area (Å²) in [6.45, 7) is 0.972. The first-order chi connectivity index (χ1) is 7.70. The molecule has 1 aliphatic rings. The van der Waals surface area contributed by atoms with E-state index in [1.54, 1.807) is 0 Å². The minimum absolute atomic E-state index is 0.135. The van der Waals surface area contributed by atoms with Crippen LogP contribution in [-0.4, -0.2) is 32.3 Å². The highest BCUT2D eigenvalue weighted by Crippen LogP contribution is 2.34. The lowest BCUT2D eigenvalue weighted by Gasteiger charge is -2.15. The van der Waals surface area contributed by atoms with Crippen LogP contribution in [0.5, 0.6) is 11.5 Å². The highest BCUT2D eigenvalue weighted by Gasteiger charge is 2.18. The molecule has 4 heteroatoms. The van der Waals surface area contributed by atoms with Crippen molar-refractivity contribution in [2.45, 2.75) is 5.92 Å². The first-order valence-electron chi connectivity index (χ1n) is 5.14. The van der Waals surface area contributed by atoms with Crippen LogP contribution in [0.4, 0.5) is 0 Å². The van der Waals surface area contributed by atoms with Gasteiger partial charge in [-0.3, -0.25) is 0 Å². The van der Waals surface area contributed by atoms with Crippen molar-refractivity contribution in [3.05, 3.63) is 23.8 Å². The van der Waals surface area contributed by atoms with Crippen molar-refractivity contribution < 1.29 is 9.47 Å². The molecule has 16 heavy (non-hydrogen) atoms. The molecule has 1 atom stereocenters. The zero-order valence-corrected chi connectivity index (χ0v) is 9.43. The maximum absolute atomic E-state index is 9.13. The maximum atomic E-state index is 9.13. The first kappa shape index (κ1) is 10.8. The Morgan fingerprint density at radius 1 is 1.38 bits per heavy atom. The molecule has 0 spiro atoms. The molecule has 0 saturated carbocycles. The van der Waals surface area contributed by atoms with Crippen LogP contribution in [0.15, 0.2) is 18.2 Å². The molecule has 1 unspecified atom stereocenters. The van der Waals surface area contributed by atoms with Crippen LogP contribution in [0.1, 0.15) is 11.5 Å². The summed E-state index contributed by atoms with van der Waals surface area (Å²) >= 11 is 0. The molecule has 1 aromatic rings. The van der Waals surface area contributed by atoms with E-state index in [1.165, 1.54) is 0 Å². The highest BCUT2D eigenvalue weighted by atomic mass is 16.7. The lowest BCUT2D eigenvalue weighted by molar-refractivity contribution is 0.174. The van der Waals surface area contributed by atoms with Gasteiger partial charge in [-0.2, -0.15) is 5.26 Å². The van der Waals surface area contributed by atoms with Crippen LogP contribution in [0.2, 0.25) is 0 Å². The summed E-state index contributed by atoms with van der Waals surface area (Å²) in [6.07, 6.45) is 0. The van der Waals surface area contributed by atoms with E-state index in [9.17, 15) is 0 Å². The second-order valence-electron chi connectivity index (χ2n) is 4.06. The number of nitriles is 1. The monoisotopic (exact) mass is 218 g/mol. The molecule has 1 aliphatic heterocycles. The number of hydrogen-bond acceptors (Lipinski definition) is 4. The average molecular weight is 218 g/mol. The zero-order chi connectivity index (χ0) is 11.5. The summed E-state index contributed by atoms with van der Waals surface area (Å²) in [5.41, 5.74) is 0.973. The topological polar surface area (TPSA) is 45.5 Å². The first-order valence-corrected chi connectivity index (χ1v) is 5.14. The van der Waals surface area contributed by atoms with Gasteiger partial charge in [-0.1, -0.05) is 6.07 Å². The Bertz CT molecular complexity index is 424. The van der Waals surface area contributed by atoms with E-state index in [0.717, 1.165) is 17.1 Å². The zero-order valence-electron chi connectivity index (χ0n) is 9.43. The van der Waals surface area contributed by atoms with Crippen LogP contribution in [0, 0.1) is 11.3 Å². The molecule has 0 saturated heterocycles. The summed E-state index contributed by atoms with van der Waals surface area (Å²) in [5, 5.41) is 9.13. The van der Waals surface area contributed by atoms with Gasteiger partial charge in [0.05, 0.1) is 12.0 Å². The summed E-state index contributed by atoms with van der Waals surface area (Å²) < 4.78 is 10.5. The van der Waals surface area contributed by atoms with Gasteiger partial charge in [0, 0.05) is 6.54 Å². The van der Waals surface area contributed by atoms with E-state index in [1.807, 2.05) is 37.2 Å². The van der Waals surface area contributed by atoms with E-state index in [-0.39, 0.29) is 12.7 Å². The van der Waals surface area contributed by atoms with Crippen molar-refractivity contribution in [3.63, 3.8) is 0 Å². The molecule has 0 fully saturated rings. The Hall–Kier alpha value is -1.73. The fourth-order valence-electron chi connectivity index (χ4n) is 1.72. The molecule has 84 valence electrons. The van der Waals surface area contributed by atoms with E-state index in [0.29, 0.717) is 6.54 Å². The second kappa shape index (κ2) is 4.42. The number of ether oxygens (including phenoxy) is 2. The minimum atomic E-state index is -0.135. The van der Waals surface area contributed by atoms with Gasteiger partial charge in [0.15, 0.2) is 11.5 Å². The average Bonchev–Trinajstić information content (AvgIpc) is 2.72. The number of nitrogens with zero attached hydrogens (tertiary/aromatic N) is 2. The molecule has 4 nitrogen and oxygen atoms in total. The van der Waals surface area contributed by atoms with Crippen LogP contribution in [-0.2, 0) is 0 Å². The Balaban J connectivity index is 2.23. The van der Waals surface area contributed by atoms with Gasteiger partial charge in [0.25, 0.3) is 0 Å². The summed E-state index contributed by atoms with van der Waals surface area (Å²) in [6, 6.07) is 7.97. The van der Waals surface area contributed by atoms with Gasteiger partial charge < -0.3 is 14.4 Å². The predicted octanol–water partition coefficient (Wildman–Crippen LogP) is 1.58. The SMILES string of the molecule is CN(C)CC(C#N)c1ccc2c(c1)OCO2. The predicted molar refractivity (Wildman–Crippen MR) is 59.5 cm³/mol. The van der Waals surface area contributed by atoms with Crippen molar-refractivity contribution in [1.29, 1.82) is 5.26 Å². The molecule has 2 rings (SSSR count). The third-order valence-corrected chi connectivity index (χ3v) is 2.50. The van der Waals surface area contributed by atoms with E-state index < -0.39 is 0 Å². The van der Waals surface area contributed by atoms with E-state index >= 15 is 0 Å². The maximum Gasteiger partial charge on any atom is 0.231 e. The van der Waals surface area contributed by atoms with Crippen LogP contribution in [0.25, 0.3) is 0 Å². The third-order valence-electron chi connectivity index (χ3n) is 2.50. The molecule has 0 amide bonds. The van der Waals surface area contributed by atoms with Gasteiger partial charge in [0.1, 0.15) is 0 Å². The van der Waals surface area contributed by atoms with Gasteiger partial charge >= 0.3 is 0 Å². The lowest BCUT2D eigenvalue weighted by Crippen LogP contribution is -2.19. The number of fused-ring (bicyclic) bond motifs is 1. The Kier molecular flexibility index (Phi) is 2.97. The van der Waals surface area contributed by atoms with Crippen LogP contribution in [0.3, 0.4) is 0 Å². The molecular weight excluding hydrogens is 204 g/mol. The normalized spacial score (nSPS) is 14.9. The Morgan fingerprint density at radius 2 is 2.12 bits per heavy atom. The smallest absolute Gasteiger partial charge is 0.231 e. The third kappa shape index (κ3) is 2.10. The van der Waals surface area contributed by atoms with Crippen molar-refractivity contribution in [1.82, 2.24) is 4.90 Å². The van der Waals surface area contributed by atoms with Crippen LogP contribution >= 0.6 is 0 Å². The summed E-state index contributed by atoms with van der Waals surface area (Å²) in [4.78, 5) is 2.00. The molecule has 1 heterocycles. The van der Waals surface area contributed by atoms with Gasteiger partial charge in [-0.25, -0.2) is 0 Å². The molecule has 1 aromatic carbocycles. The van der Waals surface area contributed by atoms with Crippen molar-refractivity contribution in [2.75, 3.05) is 27.4 Å². The fraction of sp³-hybridized carbons (Fsp3) is 0.417. The molecular formula is C12H14N2O2.